The van der Waals surface area contributed by atoms with E-state index in [0.717, 1.165) is 12.8 Å². The molecule has 1 rings (SSSR count). The van der Waals surface area contributed by atoms with Crippen LogP contribution in [0.5, 0.6) is 0 Å². The lowest BCUT2D eigenvalue weighted by Gasteiger charge is -2.35. The molecule has 0 radical (unpaired) electrons. The van der Waals surface area contributed by atoms with Crippen LogP contribution in [0.15, 0.2) is 0 Å². The number of piperidine rings is 1. The zero-order chi connectivity index (χ0) is 11.4. The fourth-order valence-electron chi connectivity index (χ4n) is 2.02. The van der Waals surface area contributed by atoms with Gasteiger partial charge >= 0.3 is 11.9 Å². The van der Waals surface area contributed by atoms with Crippen molar-refractivity contribution in [2.24, 2.45) is 5.92 Å². The third-order valence-corrected chi connectivity index (χ3v) is 2.85. The Bertz CT molecular complexity index is 252. The quantitative estimate of drug-likeness (QED) is 0.485. The van der Waals surface area contributed by atoms with Crippen LogP contribution in [0, 0.1) is 5.92 Å². The van der Waals surface area contributed by atoms with Gasteiger partial charge in [0, 0.05) is 12.6 Å². The Kier molecular flexibility index (Phi) is 4.12. The molecule has 15 heavy (non-hydrogen) atoms. The summed E-state index contributed by atoms with van der Waals surface area (Å²) in [7, 11) is 0. The van der Waals surface area contributed by atoms with Crippen LogP contribution >= 0.6 is 0 Å². The molecule has 0 aromatic carbocycles. The standard InChI is InChI=1S/C11H19NO3/c1-4-15-11(14)10(13)12-6-5-8(2)7-9(12)3/h8-9H,4-7H2,1-3H3. The minimum Gasteiger partial charge on any atom is -0.459 e. The number of esters is 1. The highest BCUT2D eigenvalue weighted by Crippen LogP contribution is 2.22. The molecule has 0 bridgehead atoms. The predicted molar refractivity (Wildman–Crippen MR) is 56.2 cm³/mol. The van der Waals surface area contributed by atoms with Crippen LogP contribution in [0.1, 0.15) is 33.6 Å². The highest BCUT2D eigenvalue weighted by molar-refractivity contribution is 6.32. The predicted octanol–water partition coefficient (Wildman–Crippen LogP) is 1.20. The van der Waals surface area contributed by atoms with E-state index in [0.29, 0.717) is 12.5 Å². The van der Waals surface area contributed by atoms with Crippen LogP contribution in [-0.4, -0.2) is 36.0 Å². The number of amides is 1. The van der Waals surface area contributed by atoms with Crippen molar-refractivity contribution in [1.82, 2.24) is 4.90 Å². The average molecular weight is 213 g/mol. The summed E-state index contributed by atoms with van der Waals surface area (Å²) >= 11 is 0. The molecule has 1 amide bonds. The molecule has 1 fully saturated rings. The number of carbonyl (C=O) groups excluding carboxylic acids is 2. The Morgan fingerprint density at radius 2 is 2.07 bits per heavy atom. The second kappa shape index (κ2) is 5.14. The highest BCUT2D eigenvalue weighted by atomic mass is 16.5. The van der Waals surface area contributed by atoms with Crippen molar-refractivity contribution in [3.8, 4) is 0 Å². The number of likely N-dealkylation sites (tertiary alicyclic amines) is 1. The van der Waals surface area contributed by atoms with Crippen LogP contribution in [0.25, 0.3) is 0 Å². The summed E-state index contributed by atoms with van der Waals surface area (Å²) in [6.07, 6.45) is 1.93. The second-order valence-electron chi connectivity index (χ2n) is 4.20. The van der Waals surface area contributed by atoms with E-state index in [2.05, 4.69) is 6.92 Å². The van der Waals surface area contributed by atoms with E-state index in [4.69, 9.17) is 4.74 Å². The maximum atomic E-state index is 11.7. The van der Waals surface area contributed by atoms with Gasteiger partial charge in [-0.25, -0.2) is 4.79 Å². The van der Waals surface area contributed by atoms with E-state index in [-0.39, 0.29) is 12.6 Å². The van der Waals surface area contributed by atoms with Crippen LogP contribution in [0.3, 0.4) is 0 Å². The Labute approximate surface area is 90.6 Å². The maximum absolute atomic E-state index is 11.7. The smallest absolute Gasteiger partial charge is 0.397 e. The van der Waals surface area contributed by atoms with E-state index < -0.39 is 11.9 Å². The lowest BCUT2D eigenvalue weighted by atomic mass is 9.93. The Hall–Kier alpha value is -1.06. The van der Waals surface area contributed by atoms with Crippen molar-refractivity contribution in [2.45, 2.75) is 39.7 Å². The number of rotatable bonds is 1. The zero-order valence-electron chi connectivity index (χ0n) is 9.66. The summed E-state index contributed by atoms with van der Waals surface area (Å²) in [6, 6.07) is 0.144. The van der Waals surface area contributed by atoms with Crippen molar-refractivity contribution in [3.05, 3.63) is 0 Å². The normalized spacial score (nSPS) is 26.2. The van der Waals surface area contributed by atoms with Crippen LogP contribution in [0.2, 0.25) is 0 Å². The Balaban J connectivity index is 2.56. The van der Waals surface area contributed by atoms with Crippen LogP contribution in [0.4, 0.5) is 0 Å². The number of carbonyl (C=O) groups is 2. The molecule has 4 nitrogen and oxygen atoms in total. The maximum Gasteiger partial charge on any atom is 0.397 e. The molecule has 86 valence electrons. The first kappa shape index (κ1) is 12.0. The molecule has 1 aliphatic rings. The van der Waals surface area contributed by atoms with Crippen LogP contribution < -0.4 is 0 Å². The summed E-state index contributed by atoms with van der Waals surface area (Å²) in [5, 5.41) is 0. The first-order valence-electron chi connectivity index (χ1n) is 5.54. The van der Waals surface area contributed by atoms with Gasteiger partial charge in [0.25, 0.3) is 0 Å². The van der Waals surface area contributed by atoms with Gasteiger partial charge in [0.05, 0.1) is 6.61 Å². The van der Waals surface area contributed by atoms with Gasteiger partial charge in [0.15, 0.2) is 0 Å². The van der Waals surface area contributed by atoms with Crippen molar-refractivity contribution >= 4 is 11.9 Å². The van der Waals surface area contributed by atoms with Gasteiger partial charge in [-0.1, -0.05) is 6.92 Å². The molecule has 0 spiro atoms. The largest absolute Gasteiger partial charge is 0.459 e. The van der Waals surface area contributed by atoms with E-state index in [1.807, 2.05) is 6.92 Å². The fraction of sp³-hybridized carbons (Fsp3) is 0.818. The number of nitrogens with zero attached hydrogens (tertiary/aromatic N) is 1. The van der Waals surface area contributed by atoms with Gasteiger partial charge in [-0.05, 0) is 32.6 Å². The monoisotopic (exact) mass is 213 g/mol. The molecule has 0 aromatic rings. The number of hydrogen-bond acceptors (Lipinski definition) is 3. The van der Waals surface area contributed by atoms with E-state index in [9.17, 15) is 9.59 Å². The molecule has 0 saturated carbocycles. The lowest BCUT2D eigenvalue weighted by molar-refractivity contribution is -0.161. The number of ether oxygens (including phenoxy) is 1. The van der Waals surface area contributed by atoms with Gasteiger partial charge in [0.2, 0.25) is 0 Å². The van der Waals surface area contributed by atoms with Crippen molar-refractivity contribution in [3.63, 3.8) is 0 Å². The molecule has 0 N–H and O–H groups in total. The minimum absolute atomic E-state index is 0.144. The van der Waals surface area contributed by atoms with Crippen molar-refractivity contribution in [2.75, 3.05) is 13.2 Å². The molecule has 4 heteroatoms. The fourth-order valence-corrected chi connectivity index (χ4v) is 2.02. The average Bonchev–Trinajstić information content (AvgIpc) is 2.17. The SMILES string of the molecule is CCOC(=O)C(=O)N1CCC(C)CC1C. The lowest BCUT2D eigenvalue weighted by Crippen LogP contribution is -2.47. The second-order valence-corrected chi connectivity index (χ2v) is 4.20. The molecule has 2 unspecified atom stereocenters. The first-order chi connectivity index (χ1) is 7.06. The van der Waals surface area contributed by atoms with E-state index in [1.165, 1.54) is 0 Å². The molecule has 1 heterocycles. The van der Waals surface area contributed by atoms with E-state index in [1.54, 1.807) is 11.8 Å². The van der Waals surface area contributed by atoms with Gasteiger partial charge in [-0.3, -0.25) is 4.79 Å². The molecular weight excluding hydrogens is 194 g/mol. The van der Waals surface area contributed by atoms with Gasteiger partial charge in [-0.15, -0.1) is 0 Å². The Morgan fingerprint density at radius 1 is 1.40 bits per heavy atom. The topological polar surface area (TPSA) is 46.6 Å². The molecule has 1 saturated heterocycles. The summed E-state index contributed by atoms with van der Waals surface area (Å²) in [6.45, 7) is 6.77. The third-order valence-electron chi connectivity index (χ3n) is 2.85. The van der Waals surface area contributed by atoms with Gasteiger partial charge in [0.1, 0.15) is 0 Å². The highest BCUT2D eigenvalue weighted by Gasteiger charge is 2.31. The van der Waals surface area contributed by atoms with Gasteiger partial charge < -0.3 is 9.64 Å². The minimum atomic E-state index is -0.723. The zero-order valence-corrected chi connectivity index (χ0v) is 9.66. The molecular formula is C11H19NO3. The molecule has 0 aromatic heterocycles. The van der Waals surface area contributed by atoms with E-state index >= 15 is 0 Å². The third kappa shape index (κ3) is 2.94. The Morgan fingerprint density at radius 3 is 2.60 bits per heavy atom. The summed E-state index contributed by atoms with van der Waals surface area (Å²) in [4.78, 5) is 24.5. The summed E-state index contributed by atoms with van der Waals surface area (Å²) in [5.74, 6) is -0.582. The van der Waals surface area contributed by atoms with Crippen molar-refractivity contribution in [1.29, 1.82) is 0 Å². The number of hydrogen-bond donors (Lipinski definition) is 0. The molecule has 2 atom stereocenters. The molecule has 1 aliphatic heterocycles. The van der Waals surface area contributed by atoms with Crippen LogP contribution in [-0.2, 0) is 14.3 Å². The van der Waals surface area contributed by atoms with Gasteiger partial charge in [-0.2, -0.15) is 0 Å². The molecule has 0 aliphatic carbocycles. The van der Waals surface area contributed by atoms with Crippen molar-refractivity contribution < 1.29 is 14.3 Å². The summed E-state index contributed by atoms with van der Waals surface area (Å²) < 4.78 is 4.70. The first-order valence-corrected chi connectivity index (χ1v) is 5.54. The summed E-state index contributed by atoms with van der Waals surface area (Å²) in [5.41, 5.74) is 0.